The van der Waals surface area contributed by atoms with Gasteiger partial charge in [-0.25, -0.2) is 13.1 Å². The van der Waals surface area contributed by atoms with Gasteiger partial charge in [-0.05, 0) is 43.2 Å². The Morgan fingerprint density at radius 3 is 2.32 bits per heavy atom. The van der Waals surface area contributed by atoms with Crippen molar-refractivity contribution < 1.29 is 13.2 Å². The fraction of sp³-hybridized carbons (Fsp3) is 0.320. The summed E-state index contributed by atoms with van der Waals surface area (Å²) < 4.78 is 28.8. The minimum atomic E-state index is -3.68. The van der Waals surface area contributed by atoms with Crippen molar-refractivity contribution in [3.05, 3.63) is 76.6 Å². The molecule has 0 radical (unpaired) electrons. The standard InChI is InChI=1S/C25H30N4O4S/c1-5-22(25(31)26-20-11-9-8-10-12-20)29-24(30)16-15-21(27-29)19-14-13-18(4)23(17-19)34(32,33)28(6-2)7-3/h8-17,22H,5-7H2,1-4H3,(H,26,31)/t22-/m0/s1. The van der Waals surface area contributed by atoms with E-state index in [-0.39, 0.29) is 10.8 Å². The van der Waals surface area contributed by atoms with Crippen molar-refractivity contribution in [3.63, 3.8) is 0 Å². The van der Waals surface area contributed by atoms with Crippen molar-refractivity contribution in [3.8, 4) is 11.3 Å². The number of hydrogen-bond acceptors (Lipinski definition) is 5. The molecular weight excluding hydrogens is 452 g/mol. The first kappa shape index (κ1) is 25.3. The van der Waals surface area contributed by atoms with Crippen LogP contribution in [0.15, 0.2) is 70.4 Å². The van der Waals surface area contributed by atoms with Crippen LogP contribution in [0.25, 0.3) is 11.3 Å². The molecular formula is C25H30N4O4S. The van der Waals surface area contributed by atoms with E-state index in [1.54, 1.807) is 64.1 Å². The Hall–Kier alpha value is -3.30. The SMILES string of the molecule is CC[C@@H](C(=O)Nc1ccccc1)n1nc(-c2ccc(C)c(S(=O)(=O)N(CC)CC)c2)ccc1=O. The quantitative estimate of drug-likeness (QED) is 0.499. The highest BCUT2D eigenvalue weighted by Crippen LogP contribution is 2.26. The van der Waals surface area contributed by atoms with Gasteiger partial charge in [0.25, 0.3) is 5.56 Å². The second-order valence-electron chi connectivity index (χ2n) is 7.85. The molecule has 0 aliphatic heterocycles. The second kappa shape index (κ2) is 10.8. The molecule has 1 amide bonds. The third-order valence-electron chi connectivity index (χ3n) is 5.66. The van der Waals surface area contributed by atoms with Gasteiger partial charge in [-0.3, -0.25) is 9.59 Å². The number of para-hydroxylation sites is 1. The van der Waals surface area contributed by atoms with Crippen molar-refractivity contribution in [2.24, 2.45) is 0 Å². The topological polar surface area (TPSA) is 101 Å². The third-order valence-corrected chi connectivity index (χ3v) is 7.85. The van der Waals surface area contributed by atoms with E-state index in [0.717, 1.165) is 4.68 Å². The Morgan fingerprint density at radius 2 is 1.71 bits per heavy atom. The molecule has 9 heteroatoms. The van der Waals surface area contributed by atoms with Gasteiger partial charge in [0.1, 0.15) is 6.04 Å². The van der Waals surface area contributed by atoms with Crippen molar-refractivity contribution >= 4 is 21.6 Å². The Labute approximate surface area is 200 Å². The van der Waals surface area contributed by atoms with Crippen LogP contribution in [0, 0.1) is 6.92 Å². The van der Waals surface area contributed by atoms with Crippen molar-refractivity contribution in [2.45, 2.75) is 45.1 Å². The first-order valence-electron chi connectivity index (χ1n) is 11.3. The summed E-state index contributed by atoms with van der Waals surface area (Å²) in [5.74, 6) is -0.353. The summed E-state index contributed by atoms with van der Waals surface area (Å²) in [5.41, 5.74) is 1.78. The van der Waals surface area contributed by atoms with Gasteiger partial charge < -0.3 is 5.32 Å². The highest BCUT2D eigenvalue weighted by Gasteiger charge is 2.25. The van der Waals surface area contributed by atoms with Gasteiger partial charge in [-0.1, -0.05) is 51.1 Å². The molecule has 2 aromatic carbocycles. The maximum absolute atomic E-state index is 13.1. The summed E-state index contributed by atoms with van der Waals surface area (Å²) in [6, 6.07) is 16.1. The van der Waals surface area contributed by atoms with Crippen LogP contribution >= 0.6 is 0 Å². The first-order valence-corrected chi connectivity index (χ1v) is 12.7. The van der Waals surface area contributed by atoms with E-state index in [1.165, 1.54) is 10.4 Å². The number of hydrogen-bond donors (Lipinski definition) is 1. The van der Waals surface area contributed by atoms with Crippen LogP contribution in [0.2, 0.25) is 0 Å². The lowest BCUT2D eigenvalue weighted by Crippen LogP contribution is -2.34. The molecule has 3 aromatic rings. The monoisotopic (exact) mass is 482 g/mol. The van der Waals surface area contributed by atoms with E-state index in [2.05, 4.69) is 10.4 Å². The van der Waals surface area contributed by atoms with Crippen LogP contribution < -0.4 is 10.9 Å². The van der Waals surface area contributed by atoms with Crippen LogP contribution in [0.4, 0.5) is 5.69 Å². The largest absolute Gasteiger partial charge is 0.324 e. The number of sulfonamides is 1. The van der Waals surface area contributed by atoms with Gasteiger partial charge in [0, 0.05) is 30.4 Å². The van der Waals surface area contributed by atoms with E-state index < -0.39 is 21.6 Å². The summed E-state index contributed by atoms with van der Waals surface area (Å²) in [6.45, 7) is 7.86. The lowest BCUT2D eigenvalue weighted by atomic mass is 10.1. The molecule has 1 N–H and O–H groups in total. The van der Waals surface area contributed by atoms with Crippen molar-refractivity contribution in [1.82, 2.24) is 14.1 Å². The smallest absolute Gasteiger partial charge is 0.267 e. The van der Waals surface area contributed by atoms with Gasteiger partial charge in [-0.2, -0.15) is 9.40 Å². The Balaban J connectivity index is 2.02. The molecule has 0 bridgehead atoms. The fourth-order valence-electron chi connectivity index (χ4n) is 3.76. The molecule has 0 spiro atoms. The second-order valence-corrected chi connectivity index (χ2v) is 9.76. The number of benzene rings is 2. The summed E-state index contributed by atoms with van der Waals surface area (Å²) in [7, 11) is -3.68. The van der Waals surface area contributed by atoms with E-state index in [4.69, 9.17) is 0 Å². The van der Waals surface area contributed by atoms with Gasteiger partial charge >= 0.3 is 0 Å². The summed E-state index contributed by atoms with van der Waals surface area (Å²) in [6.07, 6.45) is 0.352. The number of amides is 1. The number of aromatic nitrogens is 2. The average Bonchev–Trinajstić information content (AvgIpc) is 2.82. The van der Waals surface area contributed by atoms with Crippen LogP contribution in [0.3, 0.4) is 0 Å². The van der Waals surface area contributed by atoms with Crippen LogP contribution in [-0.4, -0.2) is 41.5 Å². The Morgan fingerprint density at radius 1 is 1.03 bits per heavy atom. The molecule has 1 heterocycles. The lowest BCUT2D eigenvalue weighted by molar-refractivity contribution is -0.119. The van der Waals surface area contributed by atoms with Gasteiger partial charge in [-0.15, -0.1) is 0 Å². The number of rotatable bonds is 9. The van der Waals surface area contributed by atoms with E-state index in [1.807, 2.05) is 18.2 Å². The Kier molecular flexibility index (Phi) is 8.01. The third kappa shape index (κ3) is 5.26. The average molecular weight is 483 g/mol. The van der Waals surface area contributed by atoms with E-state index in [9.17, 15) is 18.0 Å². The predicted octanol–water partition coefficient (Wildman–Crippen LogP) is 3.84. The molecule has 0 aliphatic carbocycles. The molecule has 34 heavy (non-hydrogen) atoms. The number of nitrogens with zero attached hydrogens (tertiary/aromatic N) is 3. The minimum Gasteiger partial charge on any atom is -0.324 e. The van der Waals surface area contributed by atoms with Crippen molar-refractivity contribution in [2.75, 3.05) is 18.4 Å². The molecule has 0 unspecified atom stereocenters. The lowest BCUT2D eigenvalue weighted by Gasteiger charge is -2.20. The van der Waals surface area contributed by atoms with Crippen LogP contribution in [-0.2, 0) is 14.8 Å². The minimum absolute atomic E-state index is 0.196. The predicted molar refractivity (Wildman–Crippen MR) is 133 cm³/mol. The molecule has 1 aromatic heterocycles. The molecule has 0 aliphatic rings. The molecule has 0 saturated carbocycles. The highest BCUT2D eigenvalue weighted by molar-refractivity contribution is 7.89. The number of carbonyl (C=O) groups excluding carboxylic acids is 1. The van der Waals surface area contributed by atoms with Gasteiger partial charge in [0.15, 0.2) is 0 Å². The molecule has 8 nitrogen and oxygen atoms in total. The zero-order valence-electron chi connectivity index (χ0n) is 19.9. The number of carbonyl (C=O) groups is 1. The molecule has 0 fully saturated rings. The maximum Gasteiger partial charge on any atom is 0.267 e. The van der Waals surface area contributed by atoms with Crippen LogP contribution in [0.1, 0.15) is 38.8 Å². The number of aryl methyl sites for hydroxylation is 1. The van der Waals surface area contributed by atoms with Gasteiger partial charge in [0.2, 0.25) is 15.9 Å². The molecule has 180 valence electrons. The summed E-state index contributed by atoms with van der Waals surface area (Å²) in [4.78, 5) is 25.7. The van der Waals surface area contributed by atoms with E-state index >= 15 is 0 Å². The van der Waals surface area contributed by atoms with Gasteiger partial charge in [0.05, 0.1) is 10.6 Å². The first-order chi connectivity index (χ1) is 16.2. The number of nitrogens with one attached hydrogen (secondary N) is 1. The maximum atomic E-state index is 13.1. The highest BCUT2D eigenvalue weighted by atomic mass is 32.2. The zero-order chi connectivity index (χ0) is 24.9. The normalized spacial score (nSPS) is 12.5. The number of anilines is 1. The fourth-order valence-corrected chi connectivity index (χ4v) is 5.47. The zero-order valence-corrected chi connectivity index (χ0v) is 20.7. The Bertz CT molecular complexity index is 1320. The molecule has 0 saturated heterocycles. The van der Waals surface area contributed by atoms with E-state index in [0.29, 0.717) is 42.0 Å². The molecule has 1 atom stereocenters. The van der Waals surface area contributed by atoms with Crippen molar-refractivity contribution in [1.29, 1.82) is 0 Å². The summed E-state index contributed by atoms with van der Waals surface area (Å²) >= 11 is 0. The summed E-state index contributed by atoms with van der Waals surface area (Å²) in [5, 5.41) is 7.27. The molecule has 3 rings (SSSR count). The van der Waals surface area contributed by atoms with Crippen LogP contribution in [0.5, 0.6) is 0 Å².